The molecule has 2 aliphatic carbocycles. The van der Waals surface area contributed by atoms with E-state index in [1.165, 1.54) is 30.4 Å². The fourth-order valence-electron chi connectivity index (χ4n) is 8.23. The van der Waals surface area contributed by atoms with Crippen molar-refractivity contribution in [2.24, 2.45) is 11.3 Å². The van der Waals surface area contributed by atoms with Gasteiger partial charge in [-0.25, -0.2) is 0 Å². The highest BCUT2D eigenvalue weighted by molar-refractivity contribution is 5.93. The summed E-state index contributed by atoms with van der Waals surface area (Å²) >= 11 is 0. The molecule has 2 aromatic rings. The number of hydrogen-bond donors (Lipinski definition) is 2. The minimum absolute atomic E-state index is 0.0829. The average molecular weight is 477 g/mol. The Hall–Kier alpha value is -2.37. The van der Waals surface area contributed by atoms with Crippen LogP contribution in [0.2, 0.25) is 0 Å². The summed E-state index contributed by atoms with van der Waals surface area (Å²) in [6.45, 7) is 5.37. The molecule has 2 fully saturated rings. The molecule has 2 aromatic carbocycles. The summed E-state index contributed by atoms with van der Waals surface area (Å²) in [5, 5.41) is 20.0. The van der Waals surface area contributed by atoms with Gasteiger partial charge >= 0.3 is 0 Å². The third-order valence-electron chi connectivity index (χ3n) is 9.71. The quantitative estimate of drug-likeness (QED) is 0.584. The number of phenolic OH excluding ortho intramolecular Hbond substituents is 1. The Morgan fingerprint density at radius 2 is 1.94 bits per heavy atom. The Balaban J connectivity index is 1.43. The molecular formula is C30H40N2O3. The number of aliphatic hydroxyl groups excluding tert-OH is 1. The molecule has 35 heavy (non-hydrogen) atoms. The van der Waals surface area contributed by atoms with E-state index in [0.29, 0.717) is 17.7 Å². The second-order valence-electron chi connectivity index (χ2n) is 11.2. The van der Waals surface area contributed by atoms with Gasteiger partial charge in [-0.2, -0.15) is 0 Å². The van der Waals surface area contributed by atoms with Crippen molar-refractivity contribution in [3.8, 4) is 5.75 Å². The van der Waals surface area contributed by atoms with Crippen molar-refractivity contribution in [1.29, 1.82) is 0 Å². The molecule has 2 N–H and O–H groups in total. The summed E-state index contributed by atoms with van der Waals surface area (Å²) in [4.78, 5) is 17.4. The van der Waals surface area contributed by atoms with Gasteiger partial charge in [-0.15, -0.1) is 0 Å². The number of amides is 1. The Bertz CT molecular complexity index is 1060. The number of rotatable bonds is 8. The minimum atomic E-state index is 0.0829. The van der Waals surface area contributed by atoms with Crippen LogP contribution in [0.15, 0.2) is 48.5 Å². The summed E-state index contributed by atoms with van der Waals surface area (Å²) in [6.07, 6.45) is 7.51. The van der Waals surface area contributed by atoms with Crippen LogP contribution in [-0.4, -0.2) is 65.3 Å². The van der Waals surface area contributed by atoms with Gasteiger partial charge in [-0.1, -0.05) is 30.7 Å². The van der Waals surface area contributed by atoms with E-state index in [1.807, 2.05) is 48.3 Å². The zero-order valence-corrected chi connectivity index (χ0v) is 21.2. The molecule has 5 heteroatoms. The first kappa shape index (κ1) is 24.3. The highest BCUT2D eigenvalue weighted by atomic mass is 16.3. The largest absolute Gasteiger partial charge is 0.508 e. The van der Waals surface area contributed by atoms with Crippen LogP contribution in [0.1, 0.15) is 66.9 Å². The Morgan fingerprint density at radius 1 is 1.14 bits per heavy atom. The molecule has 1 spiro atoms. The van der Waals surface area contributed by atoms with Crippen molar-refractivity contribution < 1.29 is 15.0 Å². The van der Waals surface area contributed by atoms with Crippen molar-refractivity contribution in [2.45, 2.75) is 63.3 Å². The first-order chi connectivity index (χ1) is 16.9. The lowest BCUT2D eigenvalue weighted by atomic mass is 9.51. The van der Waals surface area contributed by atoms with Crippen LogP contribution in [0, 0.1) is 11.3 Å². The number of aliphatic hydroxyl groups is 1. The van der Waals surface area contributed by atoms with E-state index in [-0.39, 0.29) is 23.3 Å². The van der Waals surface area contributed by atoms with Crippen LogP contribution < -0.4 is 0 Å². The van der Waals surface area contributed by atoms with Crippen LogP contribution in [0.25, 0.3) is 0 Å². The molecule has 4 atom stereocenters. The number of likely N-dealkylation sites (tertiary alicyclic amines) is 1. The second-order valence-corrected chi connectivity index (χ2v) is 11.2. The van der Waals surface area contributed by atoms with Crippen LogP contribution >= 0.6 is 0 Å². The molecule has 5 nitrogen and oxygen atoms in total. The molecule has 5 rings (SSSR count). The van der Waals surface area contributed by atoms with Gasteiger partial charge in [0.2, 0.25) is 0 Å². The van der Waals surface area contributed by atoms with E-state index in [2.05, 4.69) is 24.0 Å². The maximum absolute atomic E-state index is 12.9. The van der Waals surface area contributed by atoms with Crippen molar-refractivity contribution in [1.82, 2.24) is 9.80 Å². The third-order valence-corrected chi connectivity index (χ3v) is 9.71. The van der Waals surface area contributed by atoms with Gasteiger partial charge in [-0.05, 0) is 92.2 Å². The Morgan fingerprint density at radius 3 is 2.71 bits per heavy atom. The topological polar surface area (TPSA) is 64.0 Å². The van der Waals surface area contributed by atoms with Crippen molar-refractivity contribution in [2.75, 3.05) is 33.3 Å². The van der Waals surface area contributed by atoms with E-state index in [1.54, 1.807) is 0 Å². The summed E-state index contributed by atoms with van der Waals surface area (Å²) in [7, 11) is 1.92. The lowest BCUT2D eigenvalue weighted by Gasteiger charge is -2.60. The number of fused-ring (bicyclic) bond motifs is 1. The molecule has 4 unspecified atom stereocenters. The van der Waals surface area contributed by atoms with Gasteiger partial charge in [0, 0.05) is 50.3 Å². The molecule has 1 saturated carbocycles. The van der Waals surface area contributed by atoms with E-state index >= 15 is 0 Å². The van der Waals surface area contributed by atoms with Crippen molar-refractivity contribution in [3.63, 3.8) is 0 Å². The van der Waals surface area contributed by atoms with E-state index < -0.39 is 0 Å². The van der Waals surface area contributed by atoms with Crippen molar-refractivity contribution >= 4 is 5.91 Å². The summed E-state index contributed by atoms with van der Waals surface area (Å²) in [6, 6.07) is 16.0. The van der Waals surface area contributed by atoms with Gasteiger partial charge in [0.1, 0.15) is 5.75 Å². The fraction of sp³-hybridized carbons (Fsp3) is 0.567. The number of phenols is 1. The van der Waals surface area contributed by atoms with Gasteiger partial charge in [0.15, 0.2) is 0 Å². The second kappa shape index (κ2) is 9.59. The number of benzene rings is 2. The highest BCUT2D eigenvalue weighted by Gasteiger charge is 2.66. The summed E-state index contributed by atoms with van der Waals surface area (Å²) < 4.78 is 0. The smallest absolute Gasteiger partial charge is 0.253 e. The first-order valence-electron chi connectivity index (χ1n) is 13.4. The predicted octanol–water partition coefficient (Wildman–Crippen LogP) is 4.61. The molecule has 0 radical (unpaired) electrons. The Labute approximate surface area is 209 Å². The standard InChI is InChI=1S/C30H40N2O3/c1-22-29(14-7-16-31(2)28(35)23-9-4-3-5-10-23)13-6-15-30(29)25(21-32(22)17-8-18-33)19-24-11-12-26(34)20-27(24)30/h3-5,9-12,20,22,25,33-34H,6-8,13-19,21H2,1-2H3. The fourth-order valence-corrected chi connectivity index (χ4v) is 8.23. The van der Waals surface area contributed by atoms with Gasteiger partial charge in [0.25, 0.3) is 5.91 Å². The van der Waals surface area contributed by atoms with Crippen LogP contribution in [-0.2, 0) is 11.8 Å². The minimum Gasteiger partial charge on any atom is -0.508 e. The summed E-state index contributed by atoms with van der Waals surface area (Å²) in [5.74, 6) is 1.00. The van der Waals surface area contributed by atoms with Gasteiger partial charge in [-0.3, -0.25) is 9.69 Å². The maximum Gasteiger partial charge on any atom is 0.253 e. The zero-order chi connectivity index (χ0) is 24.6. The van der Waals surface area contributed by atoms with Crippen LogP contribution in [0.5, 0.6) is 5.75 Å². The SMILES string of the molecule is CC1N(CCCO)CC2Cc3ccc(O)cc3C23CCCC13CCCN(C)C(=O)c1ccccc1. The van der Waals surface area contributed by atoms with Crippen LogP contribution in [0.3, 0.4) is 0 Å². The monoisotopic (exact) mass is 476 g/mol. The molecule has 1 aliphatic heterocycles. The average Bonchev–Trinajstić information content (AvgIpc) is 3.41. The number of aromatic hydroxyl groups is 1. The Kier molecular flexibility index (Phi) is 6.67. The number of hydrogen-bond acceptors (Lipinski definition) is 4. The number of piperidine rings is 1. The molecule has 1 saturated heterocycles. The van der Waals surface area contributed by atoms with Crippen LogP contribution in [0.4, 0.5) is 0 Å². The van der Waals surface area contributed by atoms with E-state index in [9.17, 15) is 15.0 Å². The van der Waals surface area contributed by atoms with E-state index in [4.69, 9.17) is 0 Å². The first-order valence-corrected chi connectivity index (χ1v) is 13.4. The zero-order valence-electron chi connectivity index (χ0n) is 21.2. The number of carbonyl (C=O) groups excluding carboxylic acids is 1. The predicted molar refractivity (Wildman–Crippen MR) is 139 cm³/mol. The lowest BCUT2D eigenvalue weighted by molar-refractivity contribution is -0.0714. The number of carbonyl (C=O) groups is 1. The maximum atomic E-state index is 12.9. The molecule has 1 heterocycles. The summed E-state index contributed by atoms with van der Waals surface area (Å²) in [5.41, 5.74) is 3.75. The van der Waals surface area contributed by atoms with Gasteiger partial charge < -0.3 is 15.1 Å². The molecule has 188 valence electrons. The number of nitrogens with zero attached hydrogens (tertiary/aromatic N) is 2. The molecule has 0 bridgehead atoms. The normalized spacial score (nSPS) is 29.5. The third kappa shape index (κ3) is 3.88. The molecule has 3 aliphatic rings. The van der Waals surface area contributed by atoms with Crippen molar-refractivity contribution in [3.05, 3.63) is 65.2 Å². The molecule has 0 aromatic heterocycles. The molecular weight excluding hydrogens is 436 g/mol. The molecule has 1 amide bonds. The van der Waals surface area contributed by atoms with Gasteiger partial charge in [0.05, 0.1) is 0 Å². The highest BCUT2D eigenvalue weighted by Crippen LogP contribution is 2.68. The van der Waals surface area contributed by atoms with E-state index in [0.717, 1.165) is 50.9 Å². The lowest BCUT2D eigenvalue weighted by Crippen LogP contribution is -2.64.